The Morgan fingerprint density at radius 2 is 1.52 bits per heavy atom. The van der Waals surface area contributed by atoms with Gasteiger partial charge in [0.05, 0.1) is 0 Å². The van der Waals surface area contributed by atoms with E-state index in [1.54, 1.807) is 0 Å². The molecule has 110 valence electrons. The van der Waals surface area contributed by atoms with E-state index in [0.717, 1.165) is 26.7 Å². The van der Waals surface area contributed by atoms with E-state index in [2.05, 4.69) is 22.0 Å². The van der Waals surface area contributed by atoms with Crippen LogP contribution in [0.15, 0.2) is 34.8 Å². The Labute approximate surface area is 132 Å². The van der Waals surface area contributed by atoms with E-state index in [1.165, 1.54) is 0 Å². The van der Waals surface area contributed by atoms with Crippen molar-refractivity contribution in [2.45, 2.75) is 20.0 Å². The van der Waals surface area contributed by atoms with Crippen LogP contribution in [-0.4, -0.2) is 18.3 Å². The zero-order valence-corrected chi connectivity index (χ0v) is 13.6. The van der Waals surface area contributed by atoms with Crippen LogP contribution in [0, 0.1) is 13.8 Å². The average Bonchev–Trinajstić information content (AvgIpc) is 2.44. The van der Waals surface area contributed by atoms with Crippen LogP contribution in [0.4, 0.5) is 0 Å². The minimum Gasteiger partial charge on any atom is -0.486 e. The standard InChI is InChI=1S/C17H17BrO3/c1-10-5-11(2)7-12(6-10)17(19)13-8-15-16(9-14(13)18)21-4-3-20-15/h5-9,17,19H,3-4H2,1-2H3. The number of hydrogen-bond acceptors (Lipinski definition) is 3. The van der Waals surface area contributed by atoms with Gasteiger partial charge in [-0.2, -0.15) is 0 Å². The first-order valence-electron chi connectivity index (χ1n) is 6.90. The molecule has 0 amide bonds. The van der Waals surface area contributed by atoms with Crippen LogP contribution in [0.3, 0.4) is 0 Å². The maximum Gasteiger partial charge on any atom is 0.162 e. The number of aliphatic hydroxyl groups is 1. The molecule has 1 atom stereocenters. The third-order valence-electron chi connectivity index (χ3n) is 3.52. The fraction of sp³-hybridized carbons (Fsp3) is 0.294. The zero-order chi connectivity index (χ0) is 15.0. The Morgan fingerprint density at radius 3 is 2.14 bits per heavy atom. The lowest BCUT2D eigenvalue weighted by atomic mass is 9.97. The molecule has 4 heteroatoms. The molecule has 0 fully saturated rings. The summed E-state index contributed by atoms with van der Waals surface area (Å²) in [4.78, 5) is 0. The van der Waals surface area contributed by atoms with Crippen molar-refractivity contribution < 1.29 is 14.6 Å². The van der Waals surface area contributed by atoms with Crippen LogP contribution in [0.5, 0.6) is 11.5 Å². The van der Waals surface area contributed by atoms with Crippen LogP contribution < -0.4 is 9.47 Å². The van der Waals surface area contributed by atoms with E-state index in [4.69, 9.17) is 9.47 Å². The molecule has 2 aromatic carbocycles. The highest BCUT2D eigenvalue weighted by molar-refractivity contribution is 9.10. The number of rotatable bonds is 2. The quantitative estimate of drug-likeness (QED) is 0.893. The molecule has 3 rings (SSSR count). The number of ether oxygens (including phenoxy) is 2. The van der Waals surface area contributed by atoms with Crippen molar-refractivity contribution in [3.05, 3.63) is 57.1 Å². The van der Waals surface area contributed by atoms with E-state index < -0.39 is 6.10 Å². The van der Waals surface area contributed by atoms with Gasteiger partial charge in [-0.15, -0.1) is 0 Å². The van der Waals surface area contributed by atoms with Crippen LogP contribution >= 0.6 is 15.9 Å². The Bertz CT molecular complexity index is 662. The Hall–Kier alpha value is -1.52. The molecule has 3 nitrogen and oxygen atoms in total. The first-order chi connectivity index (χ1) is 10.0. The summed E-state index contributed by atoms with van der Waals surface area (Å²) in [5.41, 5.74) is 3.93. The van der Waals surface area contributed by atoms with E-state index in [-0.39, 0.29) is 0 Å². The molecule has 1 aliphatic rings. The SMILES string of the molecule is Cc1cc(C)cc(C(O)c2cc3c(cc2Br)OCCO3)c1. The fourth-order valence-corrected chi connectivity index (χ4v) is 3.18. The van der Waals surface area contributed by atoms with Gasteiger partial charge in [0.2, 0.25) is 0 Å². The summed E-state index contributed by atoms with van der Waals surface area (Å²) in [5, 5.41) is 10.7. The van der Waals surface area contributed by atoms with Gasteiger partial charge in [0.15, 0.2) is 11.5 Å². The molecule has 2 aromatic rings. The number of aliphatic hydroxyl groups excluding tert-OH is 1. The lowest BCUT2D eigenvalue weighted by molar-refractivity contribution is 0.169. The number of benzene rings is 2. The minimum absolute atomic E-state index is 0.535. The average molecular weight is 349 g/mol. The molecular formula is C17H17BrO3. The van der Waals surface area contributed by atoms with E-state index in [0.29, 0.717) is 24.7 Å². The predicted octanol–water partition coefficient (Wildman–Crippen LogP) is 3.92. The molecule has 21 heavy (non-hydrogen) atoms. The van der Waals surface area contributed by atoms with Gasteiger partial charge >= 0.3 is 0 Å². The van der Waals surface area contributed by atoms with Crippen LogP contribution in [0.1, 0.15) is 28.4 Å². The molecule has 1 unspecified atom stereocenters. The highest BCUT2D eigenvalue weighted by Crippen LogP contribution is 2.39. The first-order valence-corrected chi connectivity index (χ1v) is 7.69. The predicted molar refractivity (Wildman–Crippen MR) is 85.1 cm³/mol. The van der Waals surface area contributed by atoms with Crippen LogP contribution in [0.25, 0.3) is 0 Å². The zero-order valence-electron chi connectivity index (χ0n) is 12.0. The third-order valence-corrected chi connectivity index (χ3v) is 4.20. The fourth-order valence-electron chi connectivity index (χ4n) is 2.64. The van der Waals surface area contributed by atoms with Crippen molar-refractivity contribution in [2.24, 2.45) is 0 Å². The van der Waals surface area contributed by atoms with Gasteiger partial charge in [0.25, 0.3) is 0 Å². The largest absolute Gasteiger partial charge is 0.486 e. The maximum atomic E-state index is 10.7. The van der Waals surface area contributed by atoms with Gasteiger partial charge in [-0.25, -0.2) is 0 Å². The van der Waals surface area contributed by atoms with Crippen molar-refractivity contribution in [1.82, 2.24) is 0 Å². The summed E-state index contributed by atoms with van der Waals surface area (Å²) < 4.78 is 12.0. The summed E-state index contributed by atoms with van der Waals surface area (Å²) in [6.45, 7) is 5.15. The van der Waals surface area contributed by atoms with Gasteiger partial charge in [0, 0.05) is 10.0 Å². The molecule has 1 N–H and O–H groups in total. The summed E-state index contributed by atoms with van der Waals surface area (Å²) in [6, 6.07) is 9.80. The number of fused-ring (bicyclic) bond motifs is 1. The van der Waals surface area contributed by atoms with E-state index in [9.17, 15) is 5.11 Å². The molecule has 0 bridgehead atoms. The number of halogens is 1. The lowest BCUT2D eigenvalue weighted by Crippen LogP contribution is -2.16. The molecule has 0 aromatic heterocycles. The van der Waals surface area contributed by atoms with Gasteiger partial charge in [-0.3, -0.25) is 0 Å². The van der Waals surface area contributed by atoms with Crippen molar-refractivity contribution in [2.75, 3.05) is 13.2 Å². The molecule has 0 saturated heterocycles. The van der Waals surface area contributed by atoms with E-state index in [1.807, 2.05) is 38.1 Å². The molecule has 0 aliphatic carbocycles. The number of hydrogen-bond donors (Lipinski definition) is 1. The van der Waals surface area contributed by atoms with Crippen molar-refractivity contribution in [1.29, 1.82) is 0 Å². The Kier molecular flexibility index (Phi) is 3.91. The van der Waals surface area contributed by atoms with Gasteiger partial charge in [-0.05, 0) is 31.5 Å². The second kappa shape index (κ2) is 5.70. The van der Waals surface area contributed by atoms with Crippen LogP contribution in [-0.2, 0) is 0 Å². The second-order valence-electron chi connectivity index (χ2n) is 5.34. The molecule has 0 spiro atoms. The molecule has 0 radical (unpaired) electrons. The van der Waals surface area contributed by atoms with Gasteiger partial charge in [0.1, 0.15) is 19.3 Å². The van der Waals surface area contributed by atoms with Gasteiger partial charge < -0.3 is 14.6 Å². The monoisotopic (exact) mass is 348 g/mol. The highest BCUT2D eigenvalue weighted by atomic mass is 79.9. The maximum absolute atomic E-state index is 10.7. The van der Waals surface area contributed by atoms with Crippen molar-refractivity contribution >= 4 is 15.9 Å². The molecule has 0 saturated carbocycles. The Morgan fingerprint density at radius 1 is 0.952 bits per heavy atom. The second-order valence-corrected chi connectivity index (χ2v) is 6.20. The molecule has 1 heterocycles. The van der Waals surface area contributed by atoms with Crippen molar-refractivity contribution in [3.63, 3.8) is 0 Å². The molecule has 1 aliphatic heterocycles. The summed E-state index contributed by atoms with van der Waals surface area (Å²) in [7, 11) is 0. The summed E-state index contributed by atoms with van der Waals surface area (Å²) in [6.07, 6.45) is -0.700. The van der Waals surface area contributed by atoms with Gasteiger partial charge in [-0.1, -0.05) is 45.3 Å². The topological polar surface area (TPSA) is 38.7 Å². The minimum atomic E-state index is -0.700. The van der Waals surface area contributed by atoms with Crippen LogP contribution in [0.2, 0.25) is 0 Å². The smallest absolute Gasteiger partial charge is 0.162 e. The molecular weight excluding hydrogens is 332 g/mol. The summed E-state index contributed by atoms with van der Waals surface area (Å²) in [5.74, 6) is 1.40. The normalized spacial score (nSPS) is 14.9. The van der Waals surface area contributed by atoms with Crippen molar-refractivity contribution in [3.8, 4) is 11.5 Å². The summed E-state index contributed by atoms with van der Waals surface area (Å²) >= 11 is 3.51. The number of aryl methyl sites for hydroxylation is 2. The lowest BCUT2D eigenvalue weighted by Gasteiger charge is -2.22. The van der Waals surface area contributed by atoms with E-state index >= 15 is 0 Å². The Balaban J connectivity index is 2.02. The first kappa shape index (κ1) is 14.4. The highest BCUT2D eigenvalue weighted by Gasteiger charge is 2.20. The third kappa shape index (κ3) is 2.92.